The smallest absolute Gasteiger partial charge is 0.388 e. The van der Waals surface area contributed by atoms with Gasteiger partial charge in [0, 0.05) is 10.9 Å². The van der Waals surface area contributed by atoms with Crippen LogP contribution in [-0.4, -0.2) is 5.11 Å². The van der Waals surface area contributed by atoms with Crippen molar-refractivity contribution in [2.45, 2.75) is 25.6 Å². The fourth-order valence-corrected chi connectivity index (χ4v) is 2.87. The van der Waals surface area contributed by atoms with E-state index in [2.05, 4.69) is 15.9 Å². The summed E-state index contributed by atoms with van der Waals surface area (Å²) in [6, 6.07) is 10.5. The standard InChI is InChI=1S/C16H14BrF3O/c1-10-5-6-13(14(17)7-10)15(21)9-11-3-2-4-12(8-11)16(18,19)20/h2-8,15,21H,9H2,1H3. The van der Waals surface area contributed by atoms with Crippen LogP contribution in [0.4, 0.5) is 13.2 Å². The zero-order valence-corrected chi connectivity index (χ0v) is 12.9. The Hall–Kier alpha value is -1.33. The number of alkyl halides is 3. The second-order valence-electron chi connectivity index (χ2n) is 4.94. The number of hydrogen-bond donors (Lipinski definition) is 1. The summed E-state index contributed by atoms with van der Waals surface area (Å²) in [6.45, 7) is 1.92. The third-order valence-electron chi connectivity index (χ3n) is 3.20. The quantitative estimate of drug-likeness (QED) is 0.813. The maximum absolute atomic E-state index is 12.7. The molecule has 0 radical (unpaired) electrons. The summed E-state index contributed by atoms with van der Waals surface area (Å²) < 4.78 is 38.8. The zero-order chi connectivity index (χ0) is 15.6. The van der Waals surface area contributed by atoms with Crippen molar-refractivity contribution in [1.29, 1.82) is 0 Å². The topological polar surface area (TPSA) is 20.2 Å². The molecule has 2 rings (SSSR count). The summed E-state index contributed by atoms with van der Waals surface area (Å²) >= 11 is 3.37. The Bertz CT molecular complexity index is 638. The van der Waals surface area contributed by atoms with Crippen molar-refractivity contribution in [3.63, 3.8) is 0 Å². The van der Waals surface area contributed by atoms with Crippen LogP contribution in [0.15, 0.2) is 46.9 Å². The highest BCUT2D eigenvalue weighted by molar-refractivity contribution is 9.10. The molecule has 0 aromatic heterocycles. The van der Waals surface area contributed by atoms with E-state index in [1.54, 1.807) is 12.1 Å². The number of aliphatic hydroxyl groups is 1. The Balaban J connectivity index is 2.21. The van der Waals surface area contributed by atoms with Gasteiger partial charge in [-0.05, 0) is 35.7 Å². The molecular formula is C16H14BrF3O. The van der Waals surface area contributed by atoms with Gasteiger partial charge in [0.15, 0.2) is 0 Å². The maximum atomic E-state index is 12.7. The Morgan fingerprint density at radius 1 is 1.14 bits per heavy atom. The van der Waals surface area contributed by atoms with Gasteiger partial charge in [0.25, 0.3) is 0 Å². The second-order valence-corrected chi connectivity index (χ2v) is 5.80. The molecule has 1 unspecified atom stereocenters. The monoisotopic (exact) mass is 358 g/mol. The van der Waals surface area contributed by atoms with E-state index in [0.29, 0.717) is 11.1 Å². The minimum atomic E-state index is -4.37. The molecule has 21 heavy (non-hydrogen) atoms. The summed E-state index contributed by atoms with van der Waals surface area (Å²) in [5, 5.41) is 10.2. The van der Waals surface area contributed by atoms with E-state index in [1.165, 1.54) is 6.07 Å². The Labute approximate surface area is 129 Å². The molecule has 2 aromatic carbocycles. The van der Waals surface area contributed by atoms with Gasteiger partial charge in [-0.25, -0.2) is 0 Å². The fraction of sp³-hybridized carbons (Fsp3) is 0.250. The SMILES string of the molecule is Cc1ccc(C(O)Cc2cccc(C(F)(F)F)c2)c(Br)c1. The van der Waals surface area contributed by atoms with E-state index in [1.807, 2.05) is 19.1 Å². The molecule has 0 aliphatic heterocycles. The summed E-state index contributed by atoms with van der Waals surface area (Å²) in [4.78, 5) is 0. The van der Waals surface area contributed by atoms with Crippen LogP contribution in [-0.2, 0) is 12.6 Å². The summed E-state index contributed by atoms with van der Waals surface area (Å²) in [5.74, 6) is 0. The Morgan fingerprint density at radius 2 is 1.86 bits per heavy atom. The molecule has 1 N–H and O–H groups in total. The average molecular weight is 359 g/mol. The molecule has 0 bridgehead atoms. The summed E-state index contributed by atoms with van der Waals surface area (Å²) in [6.07, 6.45) is -5.10. The molecule has 2 aromatic rings. The molecular weight excluding hydrogens is 345 g/mol. The highest BCUT2D eigenvalue weighted by Gasteiger charge is 2.30. The summed E-state index contributed by atoms with van der Waals surface area (Å²) in [5.41, 5.74) is 1.45. The van der Waals surface area contributed by atoms with Gasteiger partial charge >= 0.3 is 6.18 Å². The van der Waals surface area contributed by atoms with E-state index in [9.17, 15) is 18.3 Å². The lowest BCUT2D eigenvalue weighted by Crippen LogP contribution is -2.07. The number of benzene rings is 2. The lowest BCUT2D eigenvalue weighted by Gasteiger charge is -2.15. The van der Waals surface area contributed by atoms with Crippen LogP contribution >= 0.6 is 15.9 Å². The molecule has 0 saturated heterocycles. The van der Waals surface area contributed by atoms with Crippen LogP contribution in [0.25, 0.3) is 0 Å². The fourth-order valence-electron chi connectivity index (χ4n) is 2.11. The van der Waals surface area contributed by atoms with Crippen molar-refractivity contribution in [2.75, 3.05) is 0 Å². The third kappa shape index (κ3) is 4.08. The number of aliphatic hydroxyl groups excluding tert-OH is 1. The van der Waals surface area contributed by atoms with Gasteiger partial charge in [0.2, 0.25) is 0 Å². The number of rotatable bonds is 3. The van der Waals surface area contributed by atoms with Gasteiger partial charge < -0.3 is 5.11 Å². The molecule has 0 spiro atoms. The number of halogens is 4. The predicted octanol–water partition coefficient (Wildman–Crippen LogP) is 5.05. The first-order valence-electron chi connectivity index (χ1n) is 6.37. The Morgan fingerprint density at radius 3 is 2.48 bits per heavy atom. The van der Waals surface area contributed by atoms with Crippen LogP contribution in [0.1, 0.15) is 28.4 Å². The average Bonchev–Trinajstić information content (AvgIpc) is 2.37. The largest absolute Gasteiger partial charge is 0.416 e. The molecule has 0 aliphatic rings. The van der Waals surface area contributed by atoms with E-state index >= 15 is 0 Å². The van der Waals surface area contributed by atoms with E-state index in [4.69, 9.17) is 0 Å². The third-order valence-corrected chi connectivity index (χ3v) is 3.89. The molecule has 1 atom stereocenters. The van der Waals surface area contributed by atoms with Gasteiger partial charge in [-0.1, -0.05) is 46.3 Å². The molecule has 112 valence electrons. The van der Waals surface area contributed by atoms with Crippen molar-refractivity contribution < 1.29 is 18.3 Å². The van der Waals surface area contributed by atoms with Crippen molar-refractivity contribution in [3.05, 3.63) is 69.2 Å². The molecule has 0 amide bonds. The van der Waals surface area contributed by atoms with Crippen molar-refractivity contribution in [2.24, 2.45) is 0 Å². The van der Waals surface area contributed by atoms with Crippen molar-refractivity contribution >= 4 is 15.9 Å². The molecule has 0 heterocycles. The van der Waals surface area contributed by atoms with Gasteiger partial charge in [0.1, 0.15) is 0 Å². The second kappa shape index (κ2) is 6.20. The van der Waals surface area contributed by atoms with E-state index < -0.39 is 17.8 Å². The van der Waals surface area contributed by atoms with Crippen LogP contribution in [0.3, 0.4) is 0 Å². The van der Waals surface area contributed by atoms with Crippen LogP contribution < -0.4 is 0 Å². The highest BCUT2D eigenvalue weighted by Crippen LogP contribution is 2.31. The normalized spacial score (nSPS) is 13.2. The Kier molecular flexibility index (Phi) is 4.74. The molecule has 1 nitrogen and oxygen atoms in total. The van der Waals surface area contributed by atoms with Gasteiger partial charge in [-0.15, -0.1) is 0 Å². The van der Waals surface area contributed by atoms with E-state index in [0.717, 1.165) is 22.2 Å². The van der Waals surface area contributed by atoms with Gasteiger partial charge in [-0.3, -0.25) is 0 Å². The van der Waals surface area contributed by atoms with Crippen LogP contribution in [0, 0.1) is 6.92 Å². The minimum Gasteiger partial charge on any atom is -0.388 e. The molecule has 0 fully saturated rings. The molecule has 0 aliphatic carbocycles. The first-order chi connectivity index (χ1) is 9.77. The van der Waals surface area contributed by atoms with Gasteiger partial charge in [-0.2, -0.15) is 13.2 Å². The number of hydrogen-bond acceptors (Lipinski definition) is 1. The zero-order valence-electron chi connectivity index (χ0n) is 11.3. The number of aryl methyl sites for hydroxylation is 1. The lowest BCUT2D eigenvalue weighted by molar-refractivity contribution is -0.137. The molecule has 0 saturated carbocycles. The lowest BCUT2D eigenvalue weighted by atomic mass is 9.99. The van der Waals surface area contributed by atoms with Crippen molar-refractivity contribution in [1.82, 2.24) is 0 Å². The maximum Gasteiger partial charge on any atom is 0.416 e. The minimum absolute atomic E-state index is 0.131. The first kappa shape index (κ1) is 16.0. The van der Waals surface area contributed by atoms with E-state index in [-0.39, 0.29) is 6.42 Å². The van der Waals surface area contributed by atoms with Crippen LogP contribution in [0.5, 0.6) is 0 Å². The molecule has 5 heteroatoms. The first-order valence-corrected chi connectivity index (χ1v) is 7.17. The van der Waals surface area contributed by atoms with Crippen molar-refractivity contribution in [3.8, 4) is 0 Å². The van der Waals surface area contributed by atoms with Crippen LogP contribution in [0.2, 0.25) is 0 Å². The highest BCUT2D eigenvalue weighted by atomic mass is 79.9. The predicted molar refractivity (Wildman–Crippen MR) is 79.0 cm³/mol. The summed E-state index contributed by atoms with van der Waals surface area (Å²) in [7, 11) is 0. The van der Waals surface area contributed by atoms with Gasteiger partial charge in [0.05, 0.1) is 11.7 Å².